The highest BCUT2D eigenvalue weighted by molar-refractivity contribution is 5.85. The molecule has 3 rings (SSSR count). The lowest BCUT2D eigenvalue weighted by Crippen LogP contribution is -2.38. The Labute approximate surface area is 103 Å². The van der Waals surface area contributed by atoms with Crippen molar-refractivity contribution < 1.29 is 9.52 Å². The maximum atomic E-state index is 11.1. The van der Waals surface area contributed by atoms with Crippen LogP contribution in [0, 0.1) is 0 Å². The third kappa shape index (κ3) is 1.84. The molecule has 1 fully saturated rings. The third-order valence-corrected chi connectivity index (χ3v) is 3.31. The topological polar surface area (TPSA) is 95.5 Å². The molecule has 1 aliphatic rings. The summed E-state index contributed by atoms with van der Waals surface area (Å²) in [6.45, 7) is 1.42. The summed E-state index contributed by atoms with van der Waals surface area (Å²) in [5.41, 5.74) is 8.45. The minimum atomic E-state index is -0.486. The Morgan fingerprint density at radius 2 is 2.33 bits per heavy atom. The van der Waals surface area contributed by atoms with Crippen molar-refractivity contribution in [2.24, 2.45) is 0 Å². The van der Waals surface area contributed by atoms with Gasteiger partial charge in [-0.1, -0.05) is 0 Å². The van der Waals surface area contributed by atoms with Crippen molar-refractivity contribution in [3.8, 4) is 0 Å². The second-order valence-corrected chi connectivity index (χ2v) is 4.66. The molecule has 0 aliphatic carbocycles. The van der Waals surface area contributed by atoms with E-state index < -0.39 is 5.76 Å². The quantitative estimate of drug-likeness (QED) is 0.645. The maximum absolute atomic E-state index is 11.1. The summed E-state index contributed by atoms with van der Waals surface area (Å²) in [6.07, 6.45) is 1.43. The highest BCUT2D eigenvalue weighted by Gasteiger charge is 2.20. The number of fused-ring (bicyclic) bond motifs is 1. The molecule has 0 bridgehead atoms. The summed E-state index contributed by atoms with van der Waals surface area (Å²) in [7, 11) is 0. The van der Waals surface area contributed by atoms with Gasteiger partial charge < -0.3 is 20.2 Å². The van der Waals surface area contributed by atoms with Gasteiger partial charge in [0.2, 0.25) is 0 Å². The molecule has 0 amide bonds. The minimum absolute atomic E-state index is 0.322. The second kappa shape index (κ2) is 4.06. The van der Waals surface area contributed by atoms with E-state index in [-0.39, 0.29) is 6.10 Å². The van der Waals surface area contributed by atoms with Crippen LogP contribution in [0.4, 0.5) is 11.4 Å². The number of aliphatic hydroxyl groups excluding tert-OH is 1. The largest absolute Gasteiger partial charge is 0.417 e. The molecule has 18 heavy (non-hydrogen) atoms. The van der Waals surface area contributed by atoms with Crippen molar-refractivity contribution in [1.82, 2.24) is 4.98 Å². The van der Waals surface area contributed by atoms with Crippen LogP contribution in [-0.4, -0.2) is 29.3 Å². The molecule has 2 aromatic rings. The zero-order valence-corrected chi connectivity index (χ0v) is 9.85. The van der Waals surface area contributed by atoms with Gasteiger partial charge in [-0.05, 0) is 18.9 Å². The maximum Gasteiger partial charge on any atom is 0.417 e. The molecule has 1 aromatic heterocycles. The van der Waals surface area contributed by atoms with E-state index >= 15 is 0 Å². The number of anilines is 2. The first kappa shape index (κ1) is 11.2. The van der Waals surface area contributed by atoms with Gasteiger partial charge in [-0.25, -0.2) is 4.79 Å². The summed E-state index contributed by atoms with van der Waals surface area (Å²) in [5.74, 6) is -0.486. The number of aliphatic hydroxyl groups is 1. The molecule has 6 heteroatoms. The lowest BCUT2D eigenvalue weighted by Gasteiger charge is -2.32. The number of nitrogens with two attached hydrogens (primary N) is 1. The SMILES string of the molecule is Nc1cc2oc(=O)[nH]c2cc1N1CCCC(O)C1. The van der Waals surface area contributed by atoms with Crippen molar-refractivity contribution in [1.29, 1.82) is 0 Å². The summed E-state index contributed by atoms with van der Waals surface area (Å²) >= 11 is 0. The summed E-state index contributed by atoms with van der Waals surface area (Å²) in [4.78, 5) is 15.8. The predicted octanol–water partition coefficient (Wildman–Crippen LogP) is 0.664. The molecule has 1 unspecified atom stereocenters. The number of H-pyrrole nitrogens is 1. The summed E-state index contributed by atoms with van der Waals surface area (Å²) < 4.78 is 4.95. The zero-order valence-electron chi connectivity index (χ0n) is 9.85. The monoisotopic (exact) mass is 249 g/mol. The first-order valence-corrected chi connectivity index (χ1v) is 5.99. The number of oxazole rings is 1. The molecular formula is C12H15N3O3. The first-order chi connectivity index (χ1) is 8.63. The van der Waals surface area contributed by atoms with Gasteiger partial charge in [0.15, 0.2) is 5.58 Å². The van der Waals surface area contributed by atoms with Crippen LogP contribution < -0.4 is 16.4 Å². The van der Waals surface area contributed by atoms with Gasteiger partial charge in [0, 0.05) is 19.2 Å². The average Bonchev–Trinajstić information content (AvgIpc) is 2.67. The Bertz CT molecular complexity index is 631. The molecule has 0 saturated carbocycles. The Morgan fingerprint density at radius 1 is 1.50 bits per heavy atom. The van der Waals surface area contributed by atoms with Gasteiger partial charge in [0.25, 0.3) is 0 Å². The number of nitrogen functional groups attached to an aromatic ring is 1. The average molecular weight is 249 g/mol. The normalized spacial score (nSPS) is 20.5. The highest BCUT2D eigenvalue weighted by Crippen LogP contribution is 2.30. The van der Waals surface area contributed by atoms with E-state index in [4.69, 9.17) is 10.2 Å². The van der Waals surface area contributed by atoms with Gasteiger partial charge in [-0.15, -0.1) is 0 Å². The van der Waals surface area contributed by atoms with Crippen molar-refractivity contribution in [2.75, 3.05) is 23.7 Å². The number of aromatic nitrogens is 1. The predicted molar refractivity (Wildman–Crippen MR) is 68.7 cm³/mol. The highest BCUT2D eigenvalue weighted by atomic mass is 16.4. The number of hydrogen-bond acceptors (Lipinski definition) is 5. The first-order valence-electron chi connectivity index (χ1n) is 5.99. The molecular weight excluding hydrogens is 234 g/mol. The van der Waals surface area contributed by atoms with E-state index in [1.54, 1.807) is 12.1 Å². The van der Waals surface area contributed by atoms with Gasteiger partial charge in [-0.3, -0.25) is 4.98 Å². The number of nitrogens with one attached hydrogen (secondary N) is 1. The van der Waals surface area contributed by atoms with Crippen LogP contribution in [0.2, 0.25) is 0 Å². The van der Waals surface area contributed by atoms with E-state index in [9.17, 15) is 9.90 Å². The molecule has 0 spiro atoms. The number of aromatic amines is 1. The van der Waals surface area contributed by atoms with E-state index in [0.717, 1.165) is 25.1 Å². The number of hydrogen-bond donors (Lipinski definition) is 3. The molecule has 4 N–H and O–H groups in total. The molecule has 1 aromatic carbocycles. The minimum Gasteiger partial charge on any atom is -0.408 e. The van der Waals surface area contributed by atoms with E-state index in [0.29, 0.717) is 23.3 Å². The van der Waals surface area contributed by atoms with Crippen LogP contribution in [0.5, 0.6) is 0 Å². The van der Waals surface area contributed by atoms with Crippen LogP contribution in [0.15, 0.2) is 21.3 Å². The second-order valence-electron chi connectivity index (χ2n) is 4.66. The number of piperidine rings is 1. The standard InChI is InChI=1S/C12H15N3O3/c13-8-4-11-9(14-12(17)18-11)5-10(8)15-3-1-2-7(16)6-15/h4-5,7,16H,1-3,6,13H2,(H,14,17). The van der Waals surface area contributed by atoms with E-state index in [2.05, 4.69) is 4.98 Å². The van der Waals surface area contributed by atoms with E-state index in [1.165, 1.54) is 0 Å². The third-order valence-electron chi connectivity index (χ3n) is 3.31. The zero-order chi connectivity index (χ0) is 12.7. The van der Waals surface area contributed by atoms with Crippen LogP contribution >= 0.6 is 0 Å². The van der Waals surface area contributed by atoms with Crippen molar-refractivity contribution in [3.05, 3.63) is 22.7 Å². The molecule has 2 heterocycles. The van der Waals surface area contributed by atoms with E-state index in [1.807, 2.05) is 4.90 Å². The Morgan fingerprint density at radius 3 is 3.11 bits per heavy atom. The smallest absolute Gasteiger partial charge is 0.408 e. The molecule has 6 nitrogen and oxygen atoms in total. The Balaban J connectivity index is 2.04. The van der Waals surface area contributed by atoms with Gasteiger partial charge in [0.05, 0.1) is 23.0 Å². The fourth-order valence-electron chi connectivity index (χ4n) is 2.45. The number of β-amino-alcohol motifs (C(OH)–C–C–N with tert-alkyl or cyclic N) is 1. The number of benzene rings is 1. The fraction of sp³-hybridized carbons (Fsp3) is 0.417. The molecule has 1 saturated heterocycles. The fourth-order valence-corrected chi connectivity index (χ4v) is 2.45. The van der Waals surface area contributed by atoms with Crippen LogP contribution in [0.25, 0.3) is 11.1 Å². The van der Waals surface area contributed by atoms with Crippen LogP contribution in [-0.2, 0) is 0 Å². The molecule has 1 aliphatic heterocycles. The number of rotatable bonds is 1. The Hall–Kier alpha value is -1.95. The van der Waals surface area contributed by atoms with Crippen molar-refractivity contribution in [3.63, 3.8) is 0 Å². The summed E-state index contributed by atoms with van der Waals surface area (Å²) in [6, 6.07) is 3.44. The van der Waals surface area contributed by atoms with Crippen molar-refractivity contribution in [2.45, 2.75) is 18.9 Å². The summed E-state index contributed by atoms with van der Waals surface area (Å²) in [5, 5.41) is 9.69. The van der Waals surface area contributed by atoms with Crippen LogP contribution in [0.1, 0.15) is 12.8 Å². The molecule has 96 valence electrons. The van der Waals surface area contributed by atoms with Gasteiger partial charge in [0.1, 0.15) is 0 Å². The molecule has 0 radical (unpaired) electrons. The van der Waals surface area contributed by atoms with Gasteiger partial charge >= 0.3 is 5.76 Å². The molecule has 1 atom stereocenters. The van der Waals surface area contributed by atoms with Crippen LogP contribution in [0.3, 0.4) is 0 Å². The van der Waals surface area contributed by atoms with Gasteiger partial charge in [-0.2, -0.15) is 0 Å². The lowest BCUT2D eigenvalue weighted by molar-refractivity contribution is 0.154. The van der Waals surface area contributed by atoms with Crippen molar-refractivity contribution >= 4 is 22.5 Å². The lowest BCUT2D eigenvalue weighted by atomic mass is 10.1. The number of nitrogens with zero attached hydrogens (tertiary/aromatic N) is 1. The Kier molecular flexibility index (Phi) is 2.52.